The van der Waals surface area contributed by atoms with E-state index in [0.717, 1.165) is 5.56 Å². The zero-order valence-electron chi connectivity index (χ0n) is 15.0. The molecule has 3 rings (SSSR count). The van der Waals surface area contributed by atoms with Crippen LogP contribution in [0.3, 0.4) is 0 Å². The Morgan fingerprint density at radius 2 is 1.89 bits per heavy atom. The average Bonchev–Trinajstić information content (AvgIpc) is 2.94. The molecule has 1 N–H and O–H groups in total. The summed E-state index contributed by atoms with van der Waals surface area (Å²) in [7, 11) is 1.51. The largest absolute Gasteiger partial charge is 0.493 e. The first-order valence-corrected chi connectivity index (χ1v) is 9.11. The number of ether oxygens (including phenoxy) is 2. The molecule has 2 amide bonds. The number of imide groups is 1. The number of amides is 2. The van der Waals surface area contributed by atoms with Crippen LogP contribution in [0.15, 0.2) is 53.4 Å². The molecule has 2 aromatic rings. The SMILES string of the molecule is COc1cc(/C=C2\SC(=O)N(CC(=O)O)C2=O)ccc1OCc1ccccc1. The van der Waals surface area contributed by atoms with Gasteiger partial charge in [0.15, 0.2) is 11.5 Å². The van der Waals surface area contributed by atoms with E-state index in [1.807, 2.05) is 30.3 Å². The lowest BCUT2D eigenvalue weighted by Crippen LogP contribution is -2.33. The molecule has 1 fully saturated rings. The van der Waals surface area contributed by atoms with Gasteiger partial charge in [-0.15, -0.1) is 0 Å². The zero-order valence-corrected chi connectivity index (χ0v) is 15.8. The molecular formula is C20H17NO6S. The maximum Gasteiger partial charge on any atom is 0.323 e. The first-order chi connectivity index (χ1) is 13.5. The zero-order chi connectivity index (χ0) is 20.1. The van der Waals surface area contributed by atoms with Crippen LogP contribution in [0.2, 0.25) is 0 Å². The van der Waals surface area contributed by atoms with Gasteiger partial charge in [-0.05, 0) is 41.1 Å². The van der Waals surface area contributed by atoms with Crippen molar-refractivity contribution in [1.82, 2.24) is 4.90 Å². The second kappa shape index (κ2) is 8.62. The quantitative estimate of drug-likeness (QED) is 0.713. The third kappa shape index (κ3) is 4.52. The van der Waals surface area contributed by atoms with Crippen LogP contribution < -0.4 is 9.47 Å². The van der Waals surface area contributed by atoms with Crippen molar-refractivity contribution in [1.29, 1.82) is 0 Å². The number of hydrogen-bond acceptors (Lipinski definition) is 6. The number of methoxy groups -OCH3 is 1. The molecule has 0 saturated carbocycles. The van der Waals surface area contributed by atoms with Gasteiger partial charge in [0.1, 0.15) is 13.2 Å². The van der Waals surface area contributed by atoms with Gasteiger partial charge in [0.05, 0.1) is 12.0 Å². The minimum absolute atomic E-state index is 0.159. The lowest BCUT2D eigenvalue weighted by Gasteiger charge is -2.11. The predicted octanol–water partition coefficient (Wildman–Crippen LogP) is 3.40. The first kappa shape index (κ1) is 19.5. The maximum atomic E-state index is 12.2. The average molecular weight is 399 g/mol. The molecule has 0 radical (unpaired) electrons. The van der Waals surface area contributed by atoms with Crippen LogP contribution in [0.1, 0.15) is 11.1 Å². The summed E-state index contributed by atoms with van der Waals surface area (Å²) in [6.45, 7) is -0.276. The van der Waals surface area contributed by atoms with Crippen LogP contribution >= 0.6 is 11.8 Å². The number of carbonyl (C=O) groups excluding carboxylic acids is 2. The fourth-order valence-corrected chi connectivity index (χ4v) is 3.39. The number of benzene rings is 2. The highest BCUT2D eigenvalue weighted by Gasteiger charge is 2.36. The molecule has 144 valence electrons. The Labute approximate surface area is 165 Å². The van der Waals surface area contributed by atoms with Gasteiger partial charge in [0, 0.05) is 0 Å². The van der Waals surface area contributed by atoms with E-state index < -0.39 is 23.7 Å². The monoisotopic (exact) mass is 399 g/mol. The standard InChI is InChI=1S/C20H17NO6S/c1-26-16-9-14(7-8-15(16)27-12-13-5-3-2-4-6-13)10-17-19(24)21(11-18(22)23)20(25)28-17/h2-10H,11-12H2,1H3,(H,22,23)/b17-10-. The maximum absolute atomic E-state index is 12.2. The summed E-state index contributed by atoms with van der Waals surface area (Å²) in [5.74, 6) is -0.845. The van der Waals surface area contributed by atoms with Gasteiger partial charge in [0.25, 0.3) is 11.1 Å². The molecule has 7 nitrogen and oxygen atoms in total. The molecule has 0 aromatic heterocycles. The van der Waals surface area contributed by atoms with Crippen molar-refractivity contribution < 1.29 is 29.0 Å². The normalized spacial score (nSPS) is 15.2. The van der Waals surface area contributed by atoms with Gasteiger partial charge in [0.2, 0.25) is 0 Å². The second-order valence-corrected chi connectivity index (χ2v) is 6.84. The molecule has 1 aliphatic heterocycles. The molecule has 0 unspecified atom stereocenters. The number of nitrogens with zero attached hydrogens (tertiary/aromatic N) is 1. The Hall–Kier alpha value is -3.26. The summed E-state index contributed by atoms with van der Waals surface area (Å²) in [5, 5.41) is 8.21. The highest BCUT2D eigenvalue weighted by molar-refractivity contribution is 8.18. The predicted molar refractivity (Wildman–Crippen MR) is 104 cm³/mol. The Balaban J connectivity index is 1.76. The van der Waals surface area contributed by atoms with E-state index in [9.17, 15) is 14.4 Å². The minimum Gasteiger partial charge on any atom is -0.493 e. The van der Waals surface area contributed by atoms with Gasteiger partial charge < -0.3 is 14.6 Å². The van der Waals surface area contributed by atoms with Crippen molar-refractivity contribution >= 4 is 35.0 Å². The number of carboxylic acids is 1. The molecule has 0 atom stereocenters. The van der Waals surface area contributed by atoms with Crippen LogP contribution in [0.5, 0.6) is 11.5 Å². The van der Waals surface area contributed by atoms with E-state index in [1.54, 1.807) is 18.2 Å². The van der Waals surface area contributed by atoms with Crippen molar-refractivity contribution in [3.05, 3.63) is 64.6 Å². The molecule has 0 bridgehead atoms. The van der Waals surface area contributed by atoms with Crippen molar-refractivity contribution in [2.75, 3.05) is 13.7 Å². The summed E-state index contributed by atoms with van der Waals surface area (Å²) in [4.78, 5) is 35.7. The van der Waals surface area contributed by atoms with Crippen LogP contribution in [0, 0.1) is 0 Å². The van der Waals surface area contributed by atoms with Gasteiger partial charge in [-0.3, -0.25) is 19.3 Å². The summed E-state index contributed by atoms with van der Waals surface area (Å²) in [6, 6.07) is 14.8. The van der Waals surface area contributed by atoms with Crippen molar-refractivity contribution in [2.24, 2.45) is 0 Å². The van der Waals surface area contributed by atoms with Gasteiger partial charge >= 0.3 is 5.97 Å². The molecule has 1 heterocycles. The van der Waals surface area contributed by atoms with E-state index >= 15 is 0 Å². The molecule has 8 heteroatoms. The number of rotatable bonds is 7. The topological polar surface area (TPSA) is 93.1 Å². The van der Waals surface area contributed by atoms with Crippen molar-refractivity contribution in [2.45, 2.75) is 6.61 Å². The first-order valence-electron chi connectivity index (χ1n) is 8.30. The minimum atomic E-state index is -1.25. The van der Waals surface area contributed by atoms with Gasteiger partial charge in [-0.25, -0.2) is 0 Å². The number of carbonyl (C=O) groups is 3. The Morgan fingerprint density at radius 3 is 2.57 bits per heavy atom. The molecule has 0 spiro atoms. The fourth-order valence-electron chi connectivity index (χ4n) is 2.55. The van der Waals surface area contributed by atoms with E-state index in [0.29, 0.717) is 40.3 Å². The second-order valence-electron chi connectivity index (χ2n) is 5.85. The highest BCUT2D eigenvalue weighted by Crippen LogP contribution is 2.34. The molecule has 1 saturated heterocycles. The molecule has 2 aromatic carbocycles. The Morgan fingerprint density at radius 1 is 1.14 bits per heavy atom. The lowest BCUT2D eigenvalue weighted by atomic mass is 10.1. The number of aliphatic carboxylic acids is 1. The van der Waals surface area contributed by atoms with E-state index in [1.165, 1.54) is 13.2 Å². The van der Waals surface area contributed by atoms with Gasteiger partial charge in [-0.1, -0.05) is 36.4 Å². The fraction of sp³-hybridized carbons (Fsp3) is 0.150. The molecule has 0 aliphatic carbocycles. The smallest absolute Gasteiger partial charge is 0.323 e. The number of thioether (sulfide) groups is 1. The van der Waals surface area contributed by atoms with Gasteiger partial charge in [-0.2, -0.15) is 0 Å². The highest BCUT2D eigenvalue weighted by atomic mass is 32.2. The summed E-state index contributed by atoms with van der Waals surface area (Å²) >= 11 is 0.707. The molecule has 28 heavy (non-hydrogen) atoms. The number of carboxylic acid groups (broad SMARTS) is 1. The number of hydrogen-bond donors (Lipinski definition) is 1. The Kier molecular flexibility index (Phi) is 6.00. The van der Waals surface area contributed by atoms with Crippen LogP contribution in [-0.4, -0.2) is 40.8 Å². The third-order valence-electron chi connectivity index (χ3n) is 3.89. The summed E-state index contributed by atoms with van der Waals surface area (Å²) in [6.07, 6.45) is 1.52. The third-order valence-corrected chi connectivity index (χ3v) is 4.80. The van der Waals surface area contributed by atoms with Crippen LogP contribution in [0.4, 0.5) is 4.79 Å². The molecular weight excluding hydrogens is 382 g/mol. The Bertz CT molecular complexity index is 941. The van der Waals surface area contributed by atoms with E-state index in [4.69, 9.17) is 14.6 Å². The molecule has 1 aliphatic rings. The van der Waals surface area contributed by atoms with Crippen molar-refractivity contribution in [3.63, 3.8) is 0 Å². The van der Waals surface area contributed by atoms with Crippen LogP contribution in [-0.2, 0) is 16.2 Å². The van der Waals surface area contributed by atoms with Crippen LogP contribution in [0.25, 0.3) is 6.08 Å². The summed E-state index contributed by atoms with van der Waals surface area (Å²) < 4.78 is 11.2. The van der Waals surface area contributed by atoms with Crippen molar-refractivity contribution in [3.8, 4) is 11.5 Å². The van der Waals surface area contributed by atoms with E-state index in [-0.39, 0.29) is 4.91 Å². The summed E-state index contributed by atoms with van der Waals surface area (Å²) in [5.41, 5.74) is 1.64. The lowest BCUT2D eigenvalue weighted by molar-refractivity contribution is -0.140. The van der Waals surface area contributed by atoms with E-state index in [2.05, 4.69) is 0 Å².